The highest BCUT2D eigenvalue weighted by atomic mass is 32.2. The second kappa shape index (κ2) is 6.35. The van der Waals surface area contributed by atoms with E-state index in [9.17, 15) is 4.39 Å². The first-order valence-electron chi connectivity index (χ1n) is 7.30. The number of rotatable bonds is 3. The third-order valence-electron chi connectivity index (χ3n) is 3.75. The van der Waals surface area contributed by atoms with Gasteiger partial charge in [0.15, 0.2) is 0 Å². The molecule has 2 N–H and O–H groups in total. The van der Waals surface area contributed by atoms with Crippen LogP contribution in [-0.4, -0.2) is 29.6 Å². The molecule has 1 atom stereocenters. The Kier molecular flexibility index (Phi) is 4.97. The summed E-state index contributed by atoms with van der Waals surface area (Å²) < 4.78 is 14.6. The van der Waals surface area contributed by atoms with E-state index in [0.29, 0.717) is 4.75 Å². The van der Waals surface area contributed by atoms with E-state index in [-0.39, 0.29) is 11.9 Å². The van der Waals surface area contributed by atoms with Gasteiger partial charge in [-0.2, -0.15) is 11.8 Å². The quantitative estimate of drug-likeness (QED) is 0.926. The first-order valence-corrected chi connectivity index (χ1v) is 8.29. The zero-order valence-corrected chi connectivity index (χ0v) is 13.5. The summed E-state index contributed by atoms with van der Waals surface area (Å²) in [6.07, 6.45) is 1.80. The molecule has 1 aromatic rings. The summed E-state index contributed by atoms with van der Waals surface area (Å²) in [5, 5.41) is 0. The van der Waals surface area contributed by atoms with Gasteiger partial charge < -0.3 is 10.6 Å². The number of anilines is 1. The van der Waals surface area contributed by atoms with Crippen LogP contribution >= 0.6 is 11.8 Å². The average molecular weight is 296 g/mol. The zero-order valence-electron chi connectivity index (χ0n) is 12.7. The third-order valence-corrected chi connectivity index (χ3v) is 5.12. The van der Waals surface area contributed by atoms with Crippen LogP contribution in [0.2, 0.25) is 0 Å². The maximum Gasteiger partial charge on any atom is 0.146 e. The molecule has 20 heavy (non-hydrogen) atoms. The van der Waals surface area contributed by atoms with E-state index in [1.54, 1.807) is 6.07 Å². The highest BCUT2D eigenvalue weighted by molar-refractivity contribution is 8.00. The molecule has 0 spiro atoms. The second-order valence-electron chi connectivity index (χ2n) is 6.31. The molecule has 1 aromatic carbocycles. The van der Waals surface area contributed by atoms with Crippen LogP contribution in [0.1, 0.15) is 32.8 Å². The molecule has 0 amide bonds. The van der Waals surface area contributed by atoms with Crippen LogP contribution in [0.5, 0.6) is 0 Å². The number of halogens is 1. The van der Waals surface area contributed by atoms with E-state index >= 15 is 0 Å². The van der Waals surface area contributed by atoms with Gasteiger partial charge in [-0.05, 0) is 37.5 Å². The highest BCUT2D eigenvalue weighted by Crippen LogP contribution is 2.33. The largest absolute Gasteiger partial charge is 0.368 e. The first kappa shape index (κ1) is 15.6. The summed E-state index contributed by atoms with van der Waals surface area (Å²) in [7, 11) is 0. The Morgan fingerprint density at radius 2 is 2.15 bits per heavy atom. The minimum Gasteiger partial charge on any atom is -0.368 e. The molecule has 1 saturated heterocycles. The molecule has 2 nitrogen and oxygen atoms in total. The van der Waals surface area contributed by atoms with Crippen molar-refractivity contribution in [1.29, 1.82) is 0 Å². The van der Waals surface area contributed by atoms with Gasteiger partial charge in [0, 0.05) is 29.6 Å². The SMILES string of the molecule is CC(N)Cc1ccc(N2CCSC(C)(C)CC2)c(F)c1. The van der Waals surface area contributed by atoms with Crippen molar-refractivity contribution < 1.29 is 4.39 Å². The summed E-state index contributed by atoms with van der Waals surface area (Å²) in [5.74, 6) is 0.932. The topological polar surface area (TPSA) is 29.3 Å². The smallest absolute Gasteiger partial charge is 0.146 e. The minimum absolute atomic E-state index is 0.0654. The van der Waals surface area contributed by atoms with Crippen molar-refractivity contribution in [3.63, 3.8) is 0 Å². The van der Waals surface area contributed by atoms with Gasteiger partial charge in [-0.25, -0.2) is 4.39 Å². The Hall–Kier alpha value is -0.740. The fourth-order valence-electron chi connectivity index (χ4n) is 2.57. The van der Waals surface area contributed by atoms with Crippen molar-refractivity contribution in [3.8, 4) is 0 Å². The van der Waals surface area contributed by atoms with Crippen LogP contribution in [0.25, 0.3) is 0 Å². The van der Waals surface area contributed by atoms with Gasteiger partial charge in [0.25, 0.3) is 0 Å². The molecule has 4 heteroatoms. The number of thioether (sulfide) groups is 1. The highest BCUT2D eigenvalue weighted by Gasteiger charge is 2.24. The van der Waals surface area contributed by atoms with Crippen LogP contribution in [0, 0.1) is 5.82 Å². The molecule has 1 unspecified atom stereocenters. The van der Waals surface area contributed by atoms with E-state index in [1.165, 1.54) is 0 Å². The van der Waals surface area contributed by atoms with Crippen molar-refractivity contribution in [2.75, 3.05) is 23.7 Å². The van der Waals surface area contributed by atoms with Gasteiger partial charge >= 0.3 is 0 Å². The Balaban J connectivity index is 2.12. The van der Waals surface area contributed by atoms with Crippen LogP contribution in [0.15, 0.2) is 18.2 Å². The molecular formula is C16H25FN2S. The predicted molar refractivity (Wildman–Crippen MR) is 87.1 cm³/mol. The van der Waals surface area contributed by atoms with E-state index in [0.717, 1.165) is 42.9 Å². The van der Waals surface area contributed by atoms with E-state index in [4.69, 9.17) is 5.73 Å². The van der Waals surface area contributed by atoms with Crippen molar-refractivity contribution in [3.05, 3.63) is 29.6 Å². The average Bonchev–Trinajstić information content (AvgIpc) is 2.50. The Morgan fingerprint density at radius 3 is 2.80 bits per heavy atom. The van der Waals surface area contributed by atoms with Crippen LogP contribution in [0.4, 0.5) is 10.1 Å². The number of nitrogens with two attached hydrogens (primary N) is 1. The molecule has 1 aliphatic rings. The second-order valence-corrected chi connectivity index (χ2v) is 8.11. The van der Waals surface area contributed by atoms with E-state index < -0.39 is 0 Å². The summed E-state index contributed by atoms with van der Waals surface area (Å²) in [6, 6.07) is 5.62. The molecule has 1 heterocycles. The van der Waals surface area contributed by atoms with Crippen LogP contribution < -0.4 is 10.6 Å². The van der Waals surface area contributed by atoms with Crippen molar-refractivity contribution in [2.24, 2.45) is 5.73 Å². The first-order chi connectivity index (χ1) is 9.37. The third kappa shape index (κ3) is 4.13. The zero-order chi connectivity index (χ0) is 14.8. The summed E-state index contributed by atoms with van der Waals surface area (Å²) >= 11 is 1.98. The number of benzene rings is 1. The maximum atomic E-state index is 14.3. The lowest BCUT2D eigenvalue weighted by molar-refractivity contribution is 0.599. The minimum atomic E-state index is -0.118. The molecule has 1 aliphatic heterocycles. The van der Waals surface area contributed by atoms with Crippen molar-refractivity contribution >= 4 is 17.4 Å². The van der Waals surface area contributed by atoms with Gasteiger partial charge in [0.2, 0.25) is 0 Å². The van der Waals surface area contributed by atoms with Gasteiger partial charge in [-0.3, -0.25) is 0 Å². The van der Waals surface area contributed by atoms with Crippen molar-refractivity contribution in [1.82, 2.24) is 0 Å². The molecule has 0 aromatic heterocycles. The van der Waals surface area contributed by atoms with Gasteiger partial charge in [0.05, 0.1) is 5.69 Å². The van der Waals surface area contributed by atoms with Crippen LogP contribution in [0.3, 0.4) is 0 Å². The molecule has 2 rings (SSSR count). The maximum absolute atomic E-state index is 14.3. The lowest BCUT2D eigenvalue weighted by atomic mass is 10.1. The molecule has 0 radical (unpaired) electrons. The van der Waals surface area contributed by atoms with Gasteiger partial charge in [0.1, 0.15) is 5.82 Å². The summed E-state index contributed by atoms with van der Waals surface area (Å²) in [6.45, 7) is 8.31. The summed E-state index contributed by atoms with van der Waals surface area (Å²) in [5.41, 5.74) is 7.48. The molecule has 0 saturated carbocycles. The van der Waals surface area contributed by atoms with Crippen molar-refractivity contribution in [2.45, 2.75) is 44.4 Å². The van der Waals surface area contributed by atoms with Gasteiger partial charge in [-0.15, -0.1) is 0 Å². The molecule has 112 valence electrons. The standard InChI is InChI=1S/C16H25FN2S/c1-12(18)10-13-4-5-15(14(17)11-13)19-7-6-16(2,3)20-9-8-19/h4-5,11-12H,6-10,18H2,1-3H3. The lowest BCUT2D eigenvalue weighted by Crippen LogP contribution is -2.28. The van der Waals surface area contributed by atoms with Gasteiger partial charge in [-0.1, -0.05) is 19.9 Å². The Bertz CT molecular complexity index is 460. The van der Waals surface area contributed by atoms with E-state index in [1.807, 2.05) is 30.8 Å². The predicted octanol–water partition coefficient (Wildman–Crippen LogP) is 3.44. The molecule has 0 bridgehead atoms. The monoisotopic (exact) mass is 296 g/mol. The Labute approximate surface area is 125 Å². The number of hydrogen-bond donors (Lipinski definition) is 1. The van der Waals surface area contributed by atoms with Crippen LogP contribution in [-0.2, 0) is 6.42 Å². The fourth-order valence-corrected chi connectivity index (χ4v) is 3.67. The number of nitrogens with zero attached hydrogens (tertiary/aromatic N) is 1. The molecule has 0 aliphatic carbocycles. The molecule has 1 fully saturated rings. The fraction of sp³-hybridized carbons (Fsp3) is 0.625. The van der Waals surface area contributed by atoms with E-state index in [2.05, 4.69) is 18.7 Å². The normalized spacial score (nSPS) is 20.6. The Morgan fingerprint density at radius 1 is 1.40 bits per heavy atom. The lowest BCUT2D eigenvalue weighted by Gasteiger charge is -2.25. The summed E-state index contributed by atoms with van der Waals surface area (Å²) in [4.78, 5) is 2.17. The molecular weight excluding hydrogens is 271 g/mol. The number of hydrogen-bond acceptors (Lipinski definition) is 3.